The number of nitrogens with zero attached hydrogens (tertiary/aromatic N) is 6. The maximum absolute atomic E-state index is 13.1. The van der Waals surface area contributed by atoms with Gasteiger partial charge >= 0.3 is 0 Å². The van der Waals surface area contributed by atoms with Gasteiger partial charge < -0.3 is 19.3 Å². The Kier molecular flexibility index (Phi) is 11.6. The number of likely N-dealkylation sites (tertiary alicyclic amines) is 2. The summed E-state index contributed by atoms with van der Waals surface area (Å²) >= 11 is 5.76. The summed E-state index contributed by atoms with van der Waals surface area (Å²) in [6.45, 7) is 7.79. The fraction of sp³-hybridized carbons (Fsp3) is 0.455. The van der Waals surface area contributed by atoms with Crippen LogP contribution in [0.15, 0.2) is 61.1 Å². The Morgan fingerprint density at radius 3 is 2.67 bits per heavy atom. The van der Waals surface area contributed by atoms with Crippen LogP contribution in [0.3, 0.4) is 0 Å². The highest BCUT2D eigenvalue weighted by molar-refractivity contribution is 6.30. The van der Waals surface area contributed by atoms with Crippen molar-refractivity contribution in [2.75, 3.05) is 33.2 Å². The number of aromatic nitrogens is 2. The third kappa shape index (κ3) is 8.91. The second-order valence-electron chi connectivity index (χ2n) is 11.4. The molecular formula is C33H41ClN6O2. The molecule has 2 aliphatic rings. The summed E-state index contributed by atoms with van der Waals surface area (Å²) in [5.41, 5.74) is 3.74. The highest BCUT2D eigenvalue weighted by atomic mass is 35.5. The lowest BCUT2D eigenvalue weighted by Crippen LogP contribution is -2.43. The molecule has 1 aromatic heterocycles. The molecule has 2 aliphatic heterocycles. The molecule has 2 aromatic carbocycles. The molecule has 0 saturated carbocycles. The fourth-order valence-corrected chi connectivity index (χ4v) is 6.01. The van der Waals surface area contributed by atoms with Crippen LogP contribution in [0.5, 0.6) is 0 Å². The number of hydrogen-bond acceptors (Lipinski definition) is 5. The number of benzene rings is 2. The molecule has 5 rings (SSSR count). The summed E-state index contributed by atoms with van der Waals surface area (Å²) < 4.78 is 2.04. The number of carbonyl (C=O) groups excluding carboxylic acids is 2. The van der Waals surface area contributed by atoms with Crippen molar-refractivity contribution >= 4 is 23.9 Å². The molecule has 0 aliphatic carbocycles. The maximum Gasteiger partial charge on any atom is 0.228 e. The molecule has 2 saturated heterocycles. The van der Waals surface area contributed by atoms with E-state index in [1.165, 1.54) is 25.9 Å². The molecule has 1 unspecified atom stereocenters. The zero-order chi connectivity index (χ0) is 29.9. The van der Waals surface area contributed by atoms with Gasteiger partial charge in [-0.15, -0.1) is 0 Å². The van der Waals surface area contributed by atoms with Gasteiger partial charge in [0.05, 0.1) is 24.4 Å². The van der Waals surface area contributed by atoms with Crippen LogP contribution in [-0.4, -0.2) is 75.8 Å². The molecule has 3 heterocycles. The summed E-state index contributed by atoms with van der Waals surface area (Å²) in [7, 11) is 1.73. The molecule has 0 radical (unpaired) electrons. The Morgan fingerprint density at radius 2 is 1.98 bits per heavy atom. The van der Waals surface area contributed by atoms with E-state index in [-0.39, 0.29) is 5.91 Å². The molecule has 2 atom stereocenters. The minimum Gasteiger partial charge on any atom is -0.344 e. The number of hydrogen-bond donors (Lipinski definition) is 0. The summed E-state index contributed by atoms with van der Waals surface area (Å²) in [5, 5.41) is 9.66. The standard InChI is InChI=1S/C24H31N5O.C9H10ClNO/c1-2-19-9-11-27(15-19)17-22-4-3-10-29(22)24(30)12-23-14-26-18-28(23)16-21-7-5-20(13-25)6-8-21;1-11(7-12)6-8-3-2-4-9(10)5-8/h5-8,14,18-19,22H,2-4,9-12,15-17H2,1H3;2-5,7H,6H2,1H3/t19-,22?;/m0./s1. The first-order chi connectivity index (χ1) is 20.4. The van der Waals surface area contributed by atoms with Crippen molar-refractivity contribution in [2.24, 2.45) is 5.92 Å². The van der Waals surface area contributed by atoms with Crippen molar-refractivity contribution in [3.63, 3.8) is 0 Å². The van der Waals surface area contributed by atoms with Crippen LogP contribution in [0, 0.1) is 17.2 Å². The lowest BCUT2D eigenvalue weighted by molar-refractivity contribution is -0.131. The van der Waals surface area contributed by atoms with Gasteiger partial charge in [0.1, 0.15) is 0 Å². The first kappa shape index (κ1) is 31.3. The number of amides is 2. The van der Waals surface area contributed by atoms with Gasteiger partial charge in [-0.2, -0.15) is 5.26 Å². The van der Waals surface area contributed by atoms with Crippen molar-refractivity contribution in [1.82, 2.24) is 24.3 Å². The maximum atomic E-state index is 13.1. The van der Waals surface area contributed by atoms with Crippen LogP contribution in [0.25, 0.3) is 0 Å². The monoisotopic (exact) mass is 588 g/mol. The normalized spacial score (nSPS) is 18.3. The molecule has 3 aromatic rings. The molecule has 0 N–H and O–H groups in total. The van der Waals surface area contributed by atoms with E-state index in [4.69, 9.17) is 16.9 Å². The first-order valence-electron chi connectivity index (χ1n) is 14.8. The fourth-order valence-electron chi connectivity index (χ4n) is 5.80. The predicted molar refractivity (Wildman–Crippen MR) is 165 cm³/mol. The quantitative estimate of drug-likeness (QED) is 0.311. The second kappa shape index (κ2) is 15.5. The largest absolute Gasteiger partial charge is 0.344 e. The first-order valence-corrected chi connectivity index (χ1v) is 15.2. The van der Waals surface area contributed by atoms with Gasteiger partial charge in [0.2, 0.25) is 12.3 Å². The Hall–Kier alpha value is -3.67. The van der Waals surface area contributed by atoms with Crippen LogP contribution < -0.4 is 0 Å². The molecule has 222 valence electrons. The Labute approximate surface area is 254 Å². The molecule has 42 heavy (non-hydrogen) atoms. The third-order valence-corrected chi connectivity index (χ3v) is 8.42. The molecule has 2 amide bonds. The van der Waals surface area contributed by atoms with Crippen molar-refractivity contribution < 1.29 is 9.59 Å². The van der Waals surface area contributed by atoms with E-state index in [9.17, 15) is 9.59 Å². The molecule has 0 spiro atoms. The number of nitriles is 1. The summed E-state index contributed by atoms with van der Waals surface area (Å²) in [5.74, 6) is 1.04. The lowest BCUT2D eigenvalue weighted by atomic mass is 10.1. The van der Waals surface area contributed by atoms with Crippen molar-refractivity contribution in [3.05, 3.63) is 88.5 Å². The smallest absolute Gasteiger partial charge is 0.228 e. The van der Waals surface area contributed by atoms with Gasteiger partial charge in [-0.3, -0.25) is 9.59 Å². The third-order valence-electron chi connectivity index (χ3n) is 8.18. The van der Waals surface area contributed by atoms with E-state index in [0.717, 1.165) is 55.1 Å². The van der Waals surface area contributed by atoms with Gasteiger partial charge in [0.15, 0.2) is 0 Å². The summed E-state index contributed by atoms with van der Waals surface area (Å²) in [4.78, 5) is 33.9. The van der Waals surface area contributed by atoms with Gasteiger partial charge in [-0.1, -0.05) is 49.2 Å². The van der Waals surface area contributed by atoms with Crippen LogP contribution in [0.1, 0.15) is 55.0 Å². The SMILES string of the molecule is CC[C@H]1CCN(CC2CCCN2C(=O)Cc2cncn2Cc2ccc(C#N)cc2)C1.CN(C=O)Cc1cccc(Cl)c1. The zero-order valence-corrected chi connectivity index (χ0v) is 25.4. The molecule has 2 fully saturated rings. The van der Waals surface area contributed by atoms with Gasteiger partial charge in [-0.25, -0.2) is 4.98 Å². The van der Waals surface area contributed by atoms with Crippen LogP contribution in [-0.2, 0) is 29.1 Å². The minimum absolute atomic E-state index is 0.213. The Bertz CT molecular complexity index is 1350. The number of carbonyl (C=O) groups is 2. The number of rotatable bonds is 10. The minimum atomic E-state index is 0.213. The van der Waals surface area contributed by atoms with E-state index in [0.29, 0.717) is 36.1 Å². The molecule has 8 nitrogen and oxygen atoms in total. The van der Waals surface area contributed by atoms with E-state index < -0.39 is 0 Å². The van der Waals surface area contributed by atoms with Crippen molar-refractivity contribution in [1.29, 1.82) is 5.26 Å². The number of imidazole rings is 1. The average Bonchev–Trinajstić information content (AvgIpc) is 3.76. The van der Waals surface area contributed by atoms with E-state index in [1.807, 2.05) is 53.1 Å². The highest BCUT2D eigenvalue weighted by Gasteiger charge is 2.32. The van der Waals surface area contributed by atoms with Gasteiger partial charge in [0.25, 0.3) is 0 Å². The molecule has 9 heteroatoms. The molecular weight excluding hydrogens is 548 g/mol. The molecule has 0 bridgehead atoms. The Morgan fingerprint density at radius 1 is 1.17 bits per heavy atom. The summed E-state index contributed by atoms with van der Waals surface area (Å²) in [6.07, 6.45) is 9.55. The summed E-state index contributed by atoms with van der Waals surface area (Å²) in [6, 6.07) is 17.5. The van der Waals surface area contributed by atoms with Crippen LogP contribution in [0.2, 0.25) is 5.02 Å². The van der Waals surface area contributed by atoms with Crippen LogP contribution in [0.4, 0.5) is 0 Å². The predicted octanol–water partition coefficient (Wildman–Crippen LogP) is 5.00. The number of halogens is 1. The average molecular weight is 589 g/mol. The van der Waals surface area contributed by atoms with Gasteiger partial charge in [-0.05, 0) is 67.1 Å². The topological polar surface area (TPSA) is 85.5 Å². The van der Waals surface area contributed by atoms with E-state index in [2.05, 4.69) is 27.8 Å². The van der Waals surface area contributed by atoms with Gasteiger partial charge in [0, 0.05) is 62.7 Å². The second-order valence-corrected chi connectivity index (χ2v) is 11.8. The van der Waals surface area contributed by atoms with E-state index in [1.54, 1.807) is 24.5 Å². The lowest BCUT2D eigenvalue weighted by Gasteiger charge is -2.29. The zero-order valence-electron chi connectivity index (χ0n) is 24.7. The van der Waals surface area contributed by atoms with Crippen molar-refractivity contribution in [2.45, 2.75) is 58.2 Å². The van der Waals surface area contributed by atoms with E-state index >= 15 is 0 Å². The Balaban J connectivity index is 0.000000283. The van der Waals surface area contributed by atoms with Crippen LogP contribution >= 0.6 is 11.6 Å². The van der Waals surface area contributed by atoms with Crippen molar-refractivity contribution in [3.8, 4) is 6.07 Å². The highest BCUT2D eigenvalue weighted by Crippen LogP contribution is 2.24.